The van der Waals surface area contributed by atoms with E-state index in [4.69, 9.17) is 0 Å². The Kier molecular flexibility index (Phi) is 3.69. The van der Waals surface area contributed by atoms with Crippen molar-refractivity contribution in [2.75, 3.05) is 0 Å². The summed E-state index contributed by atoms with van der Waals surface area (Å²) in [7, 11) is 0. The monoisotopic (exact) mass is 202 g/mol. The van der Waals surface area contributed by atoms with Crippen LogP contribution < -0.4 is 0 Å². The van der Waals surface area contributed by atoms with Gasteiger partial charge in [0.1, 0.15) is 0 Å². The number of hydrogen-bond acceptors (Lipinski definition) is 3. The molecule has 0 aliphatic heterocycles. The molecule has 0 aliphatic carbocycles. The van der Waals surface area contributed by atoms with Crippen LogP contribution in [0.5, 0.6) is 0 Å². The molecule has 1 aromatic rings. The quantitative estimate of drug-likeness (QED) is 0.604. The molecule has 0 heterocycles. The van der Waals surface area contributed by atoms with E-state index in [1.807, 2.05) is 12.1 Å². The lowest BCUT2D eigenvalue weighted by Gasteiger charge is -2.06. The van der Waals surface area contributed by atoms with Crippen LogP contribution in [0.15, 0.2) is 23.1 Å². The molecule has 0 atom stereocenters. The van der Waals surface area contributed by atoms with Crippen LogP contribution in [-0.4, -0.2) is 0 Å². The molecule has 0 unspecified atom stereocenters. The Bertz CT molecular complexity index is 245. The van der Waals surface area contributed by atoms with Crippen molar-refractivity contribution >= 4 is 37.9 Å². The third-order valence-corrected chi connectivity index (χ3v) is 2.65. The topological polar surface area (TPSA) is 0 Å². The van der Waals surface area contributed by atoms with Crippen LogP contribution in [0.3, 0.4) is 0 Å². The number of rotatable bonds is 2. The molecule has 0 fully saturated rings. The lowest BCUT2D eigenvalue weighted by molar-refractivity contribution is 1.20. The van der Waals surface area contributed by atoms with Gasteiger partial charge in [0.25, 0.3) is 0 Å². The largest absolute Gasteiger partial charge is 0.175 e. The van der Waals surface area contributed by atoms with Crippen molar-refractivity contribution in [3.63, 3.8) is 0 Å². The molecule has 0 saturated heterocycles. The van der Waals surface area contributed by atoms with Gasteiger partial charge >= 0.3 is 0 Å². The molecule has 0 saturated carbocycles. The maximum atomic E-state index is 4.32. The second kappa shape index (κ2) is 4.33. The van der Waals surface area contributed by atoms with Crippen molar-refractivity contribution in [1.82, 2.24) is 0 Å². The van der Waals surface area contributed by atoms with Gasteiger partial charge in [-0.05, 0) is 17.2 Å². The van der Waals surface area contributed by atoms with Gasteiger partial charge in [0.2, 0.25) is 0 Å². The SMILES string of the molecule is SCc1cccc(S)c1CS. The van der Waals surface area contributed by atoms with Crippen molar-refractivity contribution in [3.05, 3.63) is 29.3 Å². The Balaban J connectivity index is 3.13. The zero-order chi connectivity index (χ0) is 8.27. The highest BCUT2D eigenvalue weighted by Gasteiger charge is 2.01. The summed E-state index contributed by atoms with van der Waals surface area (Å²) >= 11 is 12.8. The Hall–Kier alpha value is 0.270. The van der Waals surface area contributed by atoms with E-state index in [2.05, 4.69) is 44.0 Å². The highest BCUT2D eigenvalue weighted by Crippen LogP contribution is 2.21. The van der Waals surface area contributed by atoms with E-state index in [1.165, 1.54) is 11.1 Å². The molecule has 0 aromatic heterocycles. The third kappa shape index (κ3) is 2.10. The first-order chi connectivity index (χ1) is 5.29. The minimum atomic E-state index is 0.732. The van der Waals surface area contributed by atoms with Gasteiger partial charge in [-0.2, -0.15) is 25.3 Å². The molecular weight excluding hydrogens is 192 g/mol. The highest BCUT2D eigenvalue weighted by molar-refractivity contribution is 7.81. The fourth-order valence-electron chi connectivity index (χ4n) is 0.952. The standard InChI is InChI=1S/C8H10S3/c9-4-6-2-1-3-8(11)7(6)5-10/h1-3,9-11H,4-5H2. The molecule has 60 valence electrons. The maximum Gasteiger partial charge on any atom is 0.0168 e. The zero-order valence-corrected chi connectivity index (χ0v) is 8.67. The molecule has 0 amide bonds. The first-order valence-corrected chi connectivity index (χ1v) is 5.02. The van der Waals surface area contributed by atoms with E-state index in [0.717, 1.165) is 16.4 Å². The van der Waals surface area contributed by atoms with E-state index >= 15 is 0 Å². The molecule has 1 rings (SSSR count). The molecule has 0 bridgehead atoms. The molecule has 1 aromatic carbocycles. The molecule has 0 aliphatic rings. The summed E-state index contributed by atoms with van der Waals surface area (Å²) in [5.41, 5.74) is 2.41. The van der Waals surface area contributed by atoms with Gasteiger partial charge in [0.05, 0.1) is 0 Å². The molecule has 3 heteroatoms. The van der Waals surface area contributed by atoms with Gasteiger partial charge in [-0.1, -0.05) is 12.1 Å². The number of benzene rings is 1. The van der Waals surface area contributed by atoms with Crippen LogP contribution in [0.25, 0.3) is 0 Å². The van der Waals surface area contributed by atoms with Crippen LogP contribution in [0.1, 0.15) is 11.1 Å². The normalized spacial score (nSPS) is 10.1. The van der Waals surface area contributed by atoms with Crippen LogP contribution >= 0.6 is 37.9 Å². The summed E-state index contributed by atoms with van der Waals surface area (Å²) in [5, 5.41) is 0. The van der Waals surface area contributed by atoms with Crippen LogP contribution in [0.4, 0.5) is 0 Å². The Morgan fingerprint density at radius 3 is 2.27 bits per heavy atom. The van der Waals surface area contributed by atoms with Gasteiger partial charge in [-0.25, -0.2) is 0 Å². The van der Waals surface area contributed by atoms with Gasteiger partial charge in [0.15, 0.2) is 0 Å². The first kappa shape index (κ1) is 9.36. The van der Waals surface area contributed by atoms with Crippen molar-refractivity contribution in [3.8, 4) is 0 Å². The van der Waals surface area contributed by atoms with Crippen molar-refractivity contribution in [2.45, 2.75) is 16.4 Å². The van der Waals surface area contributed by atoms with Crippen molar-refractivity contribution in [1.29, 1.82) is 0 Å². The fourth-order valence-corrected chi connectivity index (χ4v) is 2.05. The summed E-state index contributed by atoms with van der Waals surface area (Å²) in [6.07, 6.45) is 0. The summed E-state index contributed by atoms with van der Waals surface area (Å²) in [6, 6.07) is 6.01. The van der Waals surface area contributed by atoms with Gasteiger partial charge in [-0.3, -0.25) is 0 Å². The lowest BCUT2D eigenvalue weighted by atomic mass is 10.1. The van der Waals surface area contributed by atoms with Crippen molar-refractivity contribution < 1.29 is 0 Å². The fraction of sp³-hybridized carbons (Fsp3) is 0.250. The molecular formula is C8H10S3. The molecule has 0 radical (unpaired) electrons. The second-order valence-electron chi connectivity index (χ2n) is 2.23. The predicted octanol–water partition coefficient (Wildman–Crippen LogP) is 2.83. The van der Waals surface area contributed by atoms with Crippen LogP contribution in [0, 0.1) is 0 Å². The van der Waals surface area contributed by atoms with E-state index in [9.17, 15) is 0 Å². The summed E-state index contributed by atoms with van der Waals surface area (Å²) < 4.78 is 0. The number of thiol groups is 3. The molecule has 0 nitrogen and oxygen atoms in total. The van der Waals surface area contributed by atoms with E-state index in [1.54, 1.807) is 0 Å². The summed E-state index contributed by atoms with van der Waals surface area (Å²) in [6.45, 7) is 0. The molecule has 0 spiro atoms. The Morgan fingerprint density at radius 1 is 1.09 bits per heavy atom. The van der Waals surface area contributed by atoms with E-state index < -0.39 is 0 Å². The average molecular weight is 202 g/mol. The average Bonchev–Trinajstić information content (AvgIpc) is 2.04. The maximum absolute atomic E-state index is 4.32. The van der Waals surface area contributed by atoms with Gasteiger partial charge < -0.3 is 0 Å². The Labute approximate surface area is 83.6 Å². The third-order valence-electron chi connectivity index (χ3n) is 1.58. The summed E-state index contributed by atoms with van der Waals surface area (Å²) in [4.78, 5) is 1.01. The van der Waals surface area contributed by atoms with Gasteiger partial charge in [-0.15, -0.1) is 12.6 Å². The summed E-state index contributed by atoms with van der Waals surface area (Å²) in [5.74, 6) is 1.49. The van der Waals surface area contributed by atoms with Crippen molar-refractivity contribution in [2.24, 2.45) is 0 Å². The smallest absolute Gasteiger partial charge is 0.0168 e. The predicted molar refractivity (Wildman–Crippen MR) is 59.1 cm³/mol. The zero-order valence-electron chi connectivity index (χ0n) is 5.99. The van der Waals surface area contributed by atoms with Crippen LogP contribution in [-0.2, 0) is 11.5 Å². The number of hydrogen-bond donors (Lipinski definition) is 3. The first-order valence-electron chi connectivity index (χ1n) is 3.31. The molecule has 0 N–H and O–H groups in total. The van der Waals surface area contributed by atoms with Crippen LogP contribution in [0.2, 0.25) is 0 Å². The molecule has 11 heavy (non-hydrogen) atoms. The minimum Gasteiger partial charge on any atom is -0.175 e. The lowest BCUT2D eigenvalue weighted by Crippen LogP contribution is -1.89. The minimum absolute atomic E-state index is 0.732. The van der Waals surface area contributed by atoms with E-state index in [0.29, 0.717) is 0 Å². The van der Waals surface area contributed by atoms with E-state index in [-0.39, 0.29) is 0 Å². The second-order valence-corrected chi connectivity index (χ2v) is 3.35. The highest BCUT2D eigenvalue weighted by atomic mass is 32.1. The van der Waals surface area contributed by atoms with Gasteiger partial charge in [0, 0.05) is 16.4 Å². The Morgan fingerprint density at radius 2 is 1.82 bits per heavy atom.